The SMILES string of the molecule is CC1CN(CCN2CCOCC2)CCCCN1. The van der Waals surface area contributed by atoms with Crippen molar-refractivity contribution in [3.8, 4) is 0 Å². The van der Waals surface area contributed by atoms with Crippen LogP contribution in [0, 0.1) is 0 Å². The van der Waals surface area contributed by atoms with Crippen LogP contribution in [0.5, 0.6) is 0 Å². The molecule has 0 amide bonds. The van der Waals surface area contributed by atoms with Crippen LogP contribution >= 0.6 is 0 Å². The van der Waals surface area contributed by atoms with Gasteiger partial charge >= 0.3 is 0 Å². The Morgan fingerprint density at radius 3 is 2.65 bits per heavy atom. The van der Waals surface area contributed by atoms with Crippen LogP contribution in [0.2, 0.25) is 0 Å². The highest BCUT2D eigenvalue weighted by atomic mass is 16.5. The van der Waals surface area contributed by atoms with Crippen LogP contribution in [-0.4, -0.2) is 74.9 Å². The first-order chi connectivity index (χ1) is 8.34. The van der Waals surface area contributed by atoms with Crippen molar-refractivity contribution in [3.05, 3.63) is 0 Å². The fourth-order valence-electron chi connectivity index (χ4n) is 2.66. The number of nitrogens with one attached hydrogen (secondary N) is 1. The fraction of sp³-hybridized carbons (Fsp3) is 1.00. The molecule has 0 saturated carbocycles. The van der Waals surface area contributed by atoms with Gasteiger partial charge in [0.2, 0.25) is 0 Å². The molecule has 2 saturated heterocycles. The second-order valence-corrected chi connectivity index (χ2v) is 5.32. The molecule has 17 heavy (non-hydrogen) atoms. The second kappa shape index (κ2) is 7.31. The summed E-state index contributed by atoms with van der Waals surface area (Å²) in [7, 11) is 0. The molecule has 0 aromatic rings. The van der Waals surface area contributed by atoms with E-state index >= 15 is 0 Å². The van der Waals surface area contributed by atoms with Crippen molar-refractivity contribution < 1.29 is 4.74 Å². The fourth-order valence-corrected chi connectivity index (χ4v) is 2.66. The van der Waals surface area contributed by atoms with E-state index in [0.717, 1.165) is 26.3 Å². The van der Waals surface area contributed by atoms with Crippen LogP contribution in [0.15, 0.2) is 0 Å². The van der Waals surface area contributed by atoms with Crippen molar-refractivity contribution in [2.24, 2.45) is 0 Å². The van der Waals surface area contributed by atoms with E-state index in [1.54, 1.807) is 0 Å². The Kier molecular flexibility index (Phi) is 5.71. The Balaban J connectivity index is 1.68. The molecule has 2 heterocycles. The maximum absolute atomic E-state index is 5.38. The zero-order valence-electron chi connectivity index (χ0n) is 11.2. The van der Waals surface area contributed by atoms with Gasteiger partial charge in [-0.3, -0.25) is 4.90 Å². The first-order valence-corrected chi connectivity index (χ1v) is 7.10. The smallest absolute Gasteiger partial charge is 0.0594 e. The van der Waals surface area contributed by atoms with Crippen LogP contribution in [0.1, 0.15) is 19.8 Å². The highest BCUT2D eigenvalue weighted by molar-refractivity contribution is 4.73. The van der Waals surface area contributed by atoms with Gasteiger partial charge in [0.25, 0.3) is 0 Å². The molecule has 2 aliphatic heterocycles. The summed E-state index contributed by atoms with van der Waals surface area (Å²) in [6.45, 7) is 12.4. The standard InChI is InChI=1S/C13H27N3O/c1-13-12-16(5-3-2-4-14-13)7-6-15-8-10-17-11-9-15/h13-14H,2-12H2,1H3. The first kappa shape index (κ1) is 13.3. The van der Waals surface area contributed by atoms with E-state index in [1.165, 1.54) is 45.6 Å². The van der Waals surface area contributed by atoms with Crippen LogP contribution in [0.4, 0.5) is 0 Å². The van der Waals surface area contributed by atoms with Gasteiger partial charge in [-0.1, -0.05) is 0 Å². The minimum atomic E-state index is 0.639. The number of rotatable bonds is 3. The molecule has 2 aliphatic rings. The van der Waals surface area contributed by atoms with Crippen molar-refractivity contribution in [2.45, 2.75) is 25.8 Å². The van der Waals surface area contributed by atoms with E-state index in [4.69, 9.17) is 4.74 Å². The largest absolute Gasteiger partial charge is 0.379 e. The predicted octanol–water partition coefficient (Wildman–Crippen LogP) is 0.393. The van der Waals surface area contributed by atoms with Crippen molar-refractivity contribution in [2.75, 3.05) is 59.0 Å². The average Bonchev–Trinajstić information content (AvgIpc) is 2.33. The summed E-state index contributed by atoms with van der Waals surface area (Å²) in [6.07, 6.45) is 2.65. The highest BCUT2D eigenvalue weighted by Gasteiger charge is 2.15. The quantitative estimate of drug-likeness (QED) is 0.774. The summed E-state index contributed by atoms with van der Waals surface area (Å²) in [6, 6.07) is 0.639. The Morgan fingerprint density at radius 2 is 1.82 bits per heavy atom. The van der Waals surface area contributed by atoms with Crippen LogP contribution in [0.3, 0.4) is 0 Å². The van der Waals surface area contributed by atoms with Gasteiger partial charge in [-0.15, -0.1) is 0 Å². The van der Waals surface area contributed by atoms with E-state index in [2.05, 4.69) is 22.0 Å². The van der Waals surface area contributed by atoms with Crippen molar-refractivity contribution in [1.29, 1.82) is 0 Å². The molecule has 2 fully saturated rings. The molecule has 0 radical (unpaired) electrons. The molecular weight excluding hydrogens is 214 g/mol. The lowest BCUT2D eigenvalue weighted by Crippen LogP contribution is -2.46. The van der Waals surface area contributed by atoms with Gasteiger partial charge in [0, 0.05) is 38.8 Å². The lowest BCUT2D eigenvalue weighted by Gasteiger charge is -2.32. The van der Waals surface area contributed by atoms with E-state index in [1.807, 2.05) is 0 Å². The van der Waals surface area contributed by atoms with Gasteiger partial charge in [-0.05, 0) is 32.9 Å². The molecule has 0 spiro atoms. The molecule has 0 bridgehead atoms. The lowest BCUT2D eigenvalue weighted by molar-refractivity contribution is 0.0326. The average molecular weight is 241 g/mol. The van der Waals surface area contributed by atoms with Gasteiger partial charge in [0.15, 0.2) is 0 Å². The minimum absolute atomic E-state index is 0.639. The Morgan fingerprint density at radius 1 is 1.06 bits per heavy atom. The molecule has 1 N–H and O–H groups in total. The summed E-state index contributed by atoms with van der Waals surface area (Å²) in [5, 5.41) is 3.58. The van der Waals surface area contributed by atoms with Gasteiger partial charge in [-0.2, -0.15) is 0 Å². The molecule has 2 rings (SSSR count). The molecule has 0 aromatic carbocycles. The van der Waals surface area contributed by atoms with E-state index < -0.39 is 0 Å². The number of ether oxygens (including phenoxy) is 1. The maximum Gasteiger partial charge on any atom is 0.0594 e. The van der Waals surface area contributed by atoms with Crippen LogP contribution in [0.25, 0.3) is 0 Å². The van der Waals surface area contributed by atoms with Gasteiger partial charge in [-0.25, -0.2) is 0 Å². The van der Waals surface area contributed by atoms with Gasteiger partial charge < -0.3 is 15.0 Å². The number of morpholine rings is 1. The second-order valence-electron chi connectivity index (χ2n) is 5.32. The van der Waals surface area contributed by atoms with Crippen LogP contribution in [-0.2, 0) is 4.74 Å². The Hall–Kier alpha value is -0.160. The first-order valence-electron chi connectivity index (χ1n) is 7.10. The summed E-state index contributed by atoms with van der Waals surface area (Å²) < 4.78 is 5.38. The maximum atomic E-state index is 5.38. The van der Waals surface area contributed by atoms with E-state index in [-0.39, 0.29) is 0 Å². The third kappa shape index (κ3) is 4.92. The third-order valence-corrected chi connectivity index (χ3v) is 3.76. The van der Waals surface area contributed by atoms with Crippen LogP contribution < -0.4 is 5.32 Å². The minimum Gasteiger partial charge on any atom is -0.379 e. The summed E-state index contributed by atoms with van der Waals surface area (Å²) >= 11 is 0. The molecule has 0 aromatic heterocycles. The van der Waals surface area contributed by atoms with Crippen molar-refractivity contribution in [1.82, 2.24) is 15.1 Å². The summed E-state index contributed by atoms with van der Waals surface area (Å²) in [5.41, 5.74) is 0. The Labute approximate surface area is 105 Å². The monoisotopic (exact) mass is 241 g/mol. The Bertz CT molecular complexity index is 207. The lowest BCUT2D eigenvalue weighted by atomic mass is 10.2. The molecule has 100 valence electrons. The molecule has 1 unspecified atom stereocenters. The third-order valence-electron chi connectivity index (χ3n) is 3.76. The van der Waals surface area contributed by atoms with Gasteiger partial charge in [0.1, 0.15) is 0 Å². The van der Waals surface area contributed by atoms with E-state index in [0.29, 0.717) is 6.04 Å². The van der Waals surface area contributed by atoms with E-state index in [9.17, 15) is 0 Å². The molecule has 1 atom stereocenters. The molecule has 4 nitrogen and oxygen atoms in total. The zero-order valence-corrected chi connectivity index (χ0v) is 11.2. The molecule has 0 aliphatic carbocycles. The zero-order chi connectivity index (χ0) is 11.9. The molecular formula is C13H27N3O. The summed E-state index contributed by atoms with van der Waals surface area (Å²) in [5.74, 6) is 0. The van der Waals surface area contributed by atoms with Crippen molar-refractivity contribution >= 4 is 0 Å². The summed E-state index contributed by atoms with van der Waals surface area (Å²) in [4.78, 5) is 5.15. The number of hydrogen-bond acceptors (Lipinski definition) is 4. The number of hydrogen-bond donors (Lipinski definition) is 1. The van der Waals surface area contributed by atoms with Crippen molar-refractivity contribution in [3.63, 3.8) is 0 Å². The highest BCUT2D eigenvalue weighted by Crippen LogP contribution is 2.03. The normalized spacial score (nSPS) is 29.8. The predicted molar refractivity (Wildman–Crippen MR) is 70.4 cm³/mol. The topological polar surface area (TPSA) is 27.7 Å². The number of nitrogens with zero attached hydrogens (tertiary/aromatic N) is 2. The van der Waals surface area contributed by atoms with Gasteiger partial charge in [0.05, 0.1) is 13.2 Å². The molecule has 4 heteroatoms.